The van der Waals surface area contributed by atoms with Crippen LogP contribution >= 0.6 is 11.6 Å². The molecule has 0 radical (unpaired) electrons. The second kappa shape index (κ2) is 11.4. The van der Waals surface area contributed by atoms with Crippen LogP contribution in [0, 0.1) is 11.6 Å². The number of likely N-dealkylation sites (N-methyl/N-ethyl adjacent to an activating group) is 1. The highest BCUT2D eigenvalue weighted by Gasteiger charge is 2.30. The van der Waals surface area contributed by atoms with E-state index >= 15 is 4.39 Å². The lowest BCUT2D eigenvalue weighted by molar-refractivity contribution is -0.126. The van der Waals surface area contributed by atoms with Crippen molar-refractivity contribution in [1.82, 2.24) is 24.8 Å². The van der Waals surface area contributed by atoms with Crippen molar-refractivity contribution in [3.8, 4) is 17.3 Å². The summed E-state index contributed by atoms with van der Waals surface area (Å²) >= 11 is 6.36. The van der Waals surface area contributed by atoms with E-state index in [2.05, 4.69) is 28.5 Å². The molecule has 11 heteroatoms. The molecule has 2 atom stereocenters. The van der Waals surface area contributed by atoms with Crippen LogP contribution in [-0.4, -0.2) is 82.6 Å². The van der Waals surface area contributed by atoms with Crippen molar-refractivity contribution in [3.63, 3.8) is 0 Å². The van der Waals surface area contributed by atoms with Crippen LogP contribution < -0.4 is 9.64 Å². The number of carbonyl (C=O) groups is 1. The highest BCUT2D eigenvalue weighted by Crippen LogP contribution is 2.38. The summed E-state index contributed by atoms with van der Waals surface area (Å²) in [5.74, 6) is -0.938. The van der Waals surface area contributed by atoms with Gasteiger partial charge in [-0.3, -0.25) is 9.78 Å². The lowest BCUT2D eigenvalue weighted by Crippen LogP contribution is -2.53. The minimum absolute atomic E-state index is 0.00109. The summed E-state index contributed by atoms with van der Waals surface area (Å²) in [6, 6.07) is 8.24. The summed E-state index contributed by atoms with van der Waals surface area (Å²) in [5.41, 5.74) is 0.402. The van der Waals surface area contributed by atoms with E-state index in [-0.39, 0.29) is 40.2 Å². The number of carbonyl (C=O) groups excluding carboxylic acids is 1. The molecule has 2 aliphatic heterocycles. The Morgan fingerprint density at radius 1 is 1.19 bits per heavy atom. The molecule has 1 amide bonds. The number of anilines is 1. The molecule has 218 valence electrons. The molecule has 42 heavy (non-hydrogen) atoms. The smallest absolute Gasteiger partial charge is 0.319 e. The van der Waals surface area contributed by atoms with Crippen LogP contribution in [0.4, 0.5) is 14.6 Å². The normalized spacial score (nSPS) is 19.5. The van der Waals surface area contributed by atoms with Gasteiger partial charge in [-0.25, -0.2) is 8.78 Å². The van der Waals surface area contributed by atoms with E-state index in [0.717, 1.165) is 19.4 Å². The third kappa shape index (κ3) is 5.03. The van der Waals surface area contributed by atoms with Crippen molar-refractivity contribution in [3.05, 3.63) is 65.8 Å². The molecule has 8 nitrogen and oxygen atoms in total. The van der Waals surface area contributed by atoms with Gasteiger partial charge in [0.25, 0.3) is 0 Å². The van der Waals surface area contributed by atoms with Crippen LogP contribution in [0.25, 0.3) is 32.9 Å². The number of rotatable bonds is 6. The SMILES string of the molecule is C=CC(=O)N1CCN(c2nc(OC[C@@H]3CCCN3C)nc3c(F)c(-c4cccc5ccc(F)c(Cl)c45)ncc23)[C@H](C)C1. The first kappa shape index (κ1) is 28.2. The van der Waals surface area contributed by atoms with Crippen molar-refractivity contribution in [2.24, 2.45) is 0 Å². The number of nitrogens with zero attached hydrogens (tertiary/aromatic N) is 6. The molecule has 2 aromatic carbocycles. The lowest BCUT2D eigenvalue weighted by Gasteiger charge is -2.40. The van der Waals surface area contributed by atoms with E-state index in [1.54, 1.807) is 29.2 Å². The van der Waals surface area contributed by atoms with Crippen molar-refractivity contribution in [2.45, 2.75) is 31.8 Å². The first-order valence-corrected chi connectivity index (χ1v) is 14.4. The number of halogens is 3. The number of amides is 1. The molecule has 4 aromatic rings. The Hall–Kier alpha value is -3.89. The fraction of sp³-hybridized carbons (Fsp3) is 0.355. The molecule has 0 spiro atoms. The van der Waals surface area contributed by atoms with Gasteiger partial charge in [-0.2, -0.15) is 9.97 Å². The molecule has 2 aliphatic rings. The minimum Gasteiger partial charge on any atom is -0.462 e. The van der Waals surface area contributed by atoms with E-state index in [1.807, 2.05) is 11.8 Å². The molecule has 0 aliphatic carbocycles. The van der Waals surface area contributed by atoms with Crippen molar-refractivity contribution >= 4 is 45.0 Å². The van der Waals surface area contributed by atoms with Crippen LogP contribution in [0.5, 0.6) is 6.01 Å². The Balaban J connectivity index is 1.47. The van der Waals surface area contributed by atoms with Gasteiger partial charge in [0.2, 0.25) is 5.91 Å². The van der Waals surface area contributed by atoms with Gasteiger partial charge in [0.05, 0.1) is 10.4 Å². The van der Waals surface area contributed by atoms with Gasteiger partial charge in [0.1, 0.15) is 29.5 Å². The molecule has 6 rings (SSSR count). The molecule has 0 bridgehead atoms. The molecular formula is C31H31ClF2N6O2. The Morgan fingerprint density at radius 2 is 2.02 bits per heavy atom. The number of fused-ring (bicyclic) bond motifs is 2. The van der Waals surface area contributed by atoms with Crippen molar-refractivity contribution in [2.75, 3.05) is 44.7 Å². The summed E-state index contributed by atoms with van der Waals surface area (Å²) < 4.78 is 37.1. The first-order valence-electron chi connectivity index (χ1n) is 14.0. The molecule has 0 saturated carbocycles. The van der Waals surface area contributed by atoms with E-state index in [4.69, 9.17) is 21.3 Å². The average Bonchev–Trinajstić information content (AvgIpc) is 3.41. The zero-order valence-corrected chi connectivity index (χ0v) is 24.2. The summed E-state index contributed by atoms with van der Waals surface area (Å²) in [6.07, 6.45) is 4.92. The zero-order valence-electron chi connectivity index (χ0n) is 23.5. The van der Waals surface area contributed by atoms with Gasteiger partial charge < -0.3 is 19.4 Å². The molecule has 2 saturated heterocycles. The van der Waals surface area contributed by atoms with Crippen molar-refractivity contribution < 1.29 is 18.3 Å². The second-order valence-corrected chi connectivity index (χ2v) is 11.3. The Bertz CT molecular complexity index is 1700. The van der Waals surface area contributed by atoms with Crippen LogP contribution in [0.15, 0.2) is 49.2 Å². The molecular weight excluding hydrogens is 562 g/mol. The van der Waals surface area contributed by atoms with Crippen molar-refractivity contribution in [1.29, 1.82) is 0 Å². The third-order valence-electron chi connectivity index (χ3n) is 8.30. The number of aromatic nitrogens is 3. The van der Waals surface area contributed by atoms with Gasteiger partial charge >= 0.3 is 6.01 Å². The van der Waals surface area contributed by atoms with Crippen LogP contribution in [-0.2, 0) is 4.79 Å². The first-order chi connectivity index (χ1) is 20.3. The third-order valence-corrected chi connectivity index (χ3v) is 8.67. The van der Waals surface area contributed by atoms with Gasteiger partial charge in [0.15, 0.2) is 5.82 Å². The maximum atomic E-state index is 16.5. The van der Waals surface area contributed by atoms with Gasteiger partial charge in [-0.1, -0.05) is 42.4 Å². The van der Waals surface area contributed by atoms with Gasteiger partial charge in [0, 0.05) is 48.9 Å². The maximum Gasteiger partial charge on any atom is 0.319 e. The number of pyridine rings is 1. The second-order valence-electron chi connectivity index (χ2n) is 10.9. The van der Waals surface area contributed by atoms with E-state index < -0.39 is 11.6 Å². The number of hydrogen-bond acceptors (Lipinski definition) is 7. The zero-order chi connectivity index (χ0) is 29.5. The standard InChI is InChI=1S/C31H31ClF2N6O2/c1-4-24(41)39-13-14-40(18(2)16-39)30-22-15-35-28(21-9-5-7-19-10-11-23(33)26(32)25(19)21)27(34)29(22)36-31(37-30)42-17-20-8-6-12-38(20)3/h4-5,7,9-11,15,18,20H,1,6,8,12-14,16-17H2,2-3H3/t18-,20+/m1/s1. The Labute approximate surface area is 247 Å². The number of likely N-dealkylation sites (tertiary alicyclic amines) is 1. The van der Waals surface area contributed by atoms with E-state index in [0.29, 0.717) is 53.8 Å². The summed E-state index contributed by atoms with van der Waals surface area (Å²) in [6.45, 7) is 8.32. The summed E-state index contributed by atoms with van der Waals surface area (Å²) in [7, 11) is 2.05. The van der Waals surface area contributed by atoms with E-state index in [9.17, 15) is 9.18 Å². The average molecular weight is 593 g/mol. The predicted octanol–water partition coefficient (Wildman–Crippen LogP) is 5.47. The number of hydrogen-bond donors (Lipinski definition) is 0. The topological polar surface area (TPSA) is 74.7 Å². The molecule has 2 fully saturated rings. The number of benzene rings is 2. The van der Waals surface area contributed by atoms with E-state index in [1.165, 1.54) is 18.3 Å². The number of ether oxygens (including phenoxy) is 1. The molecule has 4 heterocycles. The highest BCUT2D eigenvalue weighted by atomic mass is 35.5. The lowest BCUT2D eigenvalue weighted by atomic mass is 10.0. The molecule has 2 aromatic heterocycles. The maximum absolute atomic E-state index is 16.5. The summed E-state index contributed by atoms with van der Waals surface area (Å²) in [4.78, 5) is 32.0. The van der Waals surface area contributed by atoms with Crippen LogP contribution in [0.2, 0.25) is 5.02 Å². The Morgan fingerprint density at radius 3 is 2.76 bits per heavy atom. The fourth-order valence-electron chi connectivity index (χ4n) is 5.96. The predicted molar refractivity (Wildman–Crippen MR) is 160 cm³/mol. The highest BCUT2D eigenvalue weighted by molar-refractivity contribution is 6.36. The van der Waals surface area contributed by atoms with Gasteiger partial charge in [-0.15, -0.1) is 0 Å². The van der Waals surface area contributed by atoms with Gasteiger partial charge in [-0.05, 0) is 50.9 Å². The largest absolute Gasteiger partial charge is 0.462 e. The monoisotopic (exact) mass is 592 g/mol. The fourth-order valence-corrected chi connectivity index (χ4v) is 6.24. The molecule has 0 unspecified atom stereocenters. The van der Waals surface area contributed by atoms with Crippen LogP contribution in [0.1, 0.15) is 19.8 Å². The quantitative estimate of drug-likeness (QED) is 0.275. The summed E-state index contributed by atoms with van der Waals surface area (Å²) in [5, 5.41) is 1.35. The Kier molecular flexibility index (Phi) is 7.67. The number of piperazine rings is 1. The van der Waals surface area contributed by atoms with Crippen LogP contribution in [0.3, 0.4) is 0 Å². The molecule has 0 N–H and O–H groups in total. The minimum atomic E-state index is -0.681.